The summed E-state index contributed by atoms with van der Waals surface area (Å²) in [5.74, 6) is -0.208. The minimum atomic E-state index is -3.80. The number of anilines is 1. The van der Waals surface area contributed by atoms with E-state index >= 15 is 0 Å². The lowest BCUT2D eigenvalue weighted by molar-refractivity contribution is -0.119. The first-order valence-corrected chi connectivity index (χ1v) is 10.0. The van der Waals surface area contributed by atoms with Crippen molar-refractivity contribution >= 4 is 34.0 Å². The summed E-state index contributed by atoms with van der Waals surface area (Å²) in [5.41, 5.74) is 5.99. The van der Waals surface area contributed by atoms with Crippen molar-refractivity contribution in [3.05, 3.63) is 24.3 Å². The lowest BCUT2D eigenvalue weighted by Crippen LogP contribution is -2.44. The highest BCUT2D eigenvalue weighted by Crippen LogP contribution is 2.17. The minimum absolute atomic E-state index is 0. The molecule has 1 aromatic carbocycles. The minimum Gasteiger partial charge on any atom is -0.491 e. The van der Waals surface area contributed by atoms with Crippen molar-refractivity contribution < 1.29 is 17.9 Å². The van der Waals surface area contributed by atoms with E-state index in [9.17, 15) is 13.2 Å². The number of hydrogen-bond acceptors (Lipinski definition) is 5. The zero-order valence-electron chi connectivity index (χ0n) is 15.7. The van der Waals surface area contributed by atoms with E-state index in [1.807, 2.05) is 27.7 Å². The first-order chi connectivity index (χ1) is 11.6. The van der Waals surface area contributed by atoms with Crippen LogP contribution in [0.15, 0.2) is 24.3 Å². The third kappa shape index (κ3) is 9.84. The van der Waals surface area contributed by atoms with Crippen LogP contribution in [0.3, 0.4) is 0 Å². The molecular formula is C17H30ClN3O4S. The van der Waals surface area contributed by atoms with E-state index in [0.29, 0.717) is 23.8 Å². The number of nitrogens with one attached hydrogen (secondary N) is 2. The largest absolute Gasteiger partial charge is 0.491 e. The van der Waals surface area contributed by atoms with Gasteiger partial charge in [-0.15, -0.1) is 12.4 Å². The number of ether oxygens (including phenoxy) is 1. The number of amides is 1. The molecule has 0 saturated carbocycles. The van der Waals surface area contributed by atoms with Gasteiger partial charge < -0.3 is 15.8 Å². The van der Waals surface area contributed by atoms with Gasteiger partial charge in [0, 0.05) is 18.3 Å². The molecule has 1 aromatic rings. The normalized spacial score (nSPS) is 12.4. The Morgan fingerprint density at radius 1 is 1.15 bits per heavy atom. The maximum absolute atomic E-state index is 12.1. The second-order valence-corrected chi connectivity index (χ2v) is 8.40. The van der Waals surface area contributed by atoms with Crippen LogP contribution >= 0.6 is 12.4 Å². The molecule has 0 radical (unpaired) electrons. The second kappa shape index (κ2) is 11.3. The van der Waals surface area contributed by atoms with Crippen molar-refractivity contribution in [1.29, 1.82) is 0 Å². The number of nitrogens with two attached hydrogens (primary N) is 1. The summed E-state index contributed by atoms with van der Waals surface area (Å²) in [5, 5.41) is 2.67. The van der Waals surface area contributed by atoms with Crippen molar-refractivity contribution in [3.8, 4) is 5.75 Å². The quantitative estimate of drug-likeness (QED) is 0.550. The number of carbonyl (C=O) groups is 1. The van der Waals surface area contributed by atoms with Crippen LogP contribution < -0.4 is 20.5 Å². The molecule has 4 N–H and O–H groups in total. The second-order valence-electron chi connectivity index (χ2n) is 6.68. The first kappa shape index (κ1) is 24.5. The molecule has 0 heterocycles. The number of halogens is 1. The number of hydrogen-bond donors (Lipinski definition) is 3. The van der Waals surface area contributed by atoms with E-state index in [2.05, 4.69) is 10.0 Å². The Morgan fingerprint density at radius 3 is 2.19 bits per heavy atom. The molecule has 1 atom stereocenters. The molecule has 1 unspecified atom stereocenters. The Balaban J connectivity index is 0.00000625. The number of benzene rings is 1. The van der Waals surface area contributed by atoms with E-state index in [0.717, 1.165) is 0 Å². The van der Waals surface area contributed by atoms with Gasteiger partial charge in [-0.2, -0.15) is 0 Å². The van der Waals surface area contributed by atoms with Crippen molar-refractivity contribution in [2.45, 2.75) is 46.3 Å². The van der Waals surface area contributed by atoms with E-state index < -0.39 is 21.7 Å². The van der Waals surface area contributed by atoms with Gasteiger partial charge in [0.15, 0.2) is 0 Å². The predicted molar refractivity (Wildman–Crippen MR) is 107 cm³/mol. The Hall–Kier alpha value is -1.51. The fourth-order valence-electron chi connectivity index (χ4n) is 2.31. The molecule has 0 aliphatic carbocycles. The highest BCUT2D eigenvalue weighted by atomic mass is 35.5. The lowest BCUT2D eigenvalue weighted by atomic mass is 10.0. The molecule has 0 spiro atoms. The topological polar surface area (TPSA) is 111 Å². The highest BCUT2D eigenvalue weighted by molar-refractivity contribution is 7.93. The monoisotopic (exact) mass is 407 g/mol. The summed E-state index contributed by atoms with van der Waals surface area (Å²) >= 11 is 0. The summed E-state index contributed by atoms with van der Waals surface area (Å²) in [6.45, 7) is 8.11. The summed E-state index contributed by atoms with van der Waals surface area (Å²) < 4.78 is 32.1. The van der Waals surface area contributed by atoms with Crippen LogP contribution in [0.2, 0.25) is 0 Å². The Kier molecular flexibility index (Phi) is 10.6. The Labute approximate surface area is 162 Å². The maximum Gasteiger partial charge on any atom is 0.241 e. The van der Waals surface area contributed by atoms with Crippen molar-refractivity contribution in [2.24, 2.45) is 11.7 Å². The van der Waals surface area contributed by atoms with Crippen LogP contribution in [0.25, 0.3) is 0 Å². The zero-order chi connectivity index (χ0) is 19.0. The number of rotatable bonds is 10. The van der Waals surface area contributed by atoms with E-state index in [-0.39, 0.29) is 31.1 Å². The number of sulfonamides is 1. The standard InChI is InChI=1S/C17H29N3O4S.ClH/c1-12(2)9-15(10-18)19-17(21)11-25(22,23)20-14-5-7-16(8-6-14)24-13(3)4;/h5-8,12-13,15,20H,9-11,18H2,1-4H3,(H,19,21);1H. The van der Waals surface area contributed by atoms with Crippen molar-refractivity contribution in [1.82, 2.24) is 5.32 Å². The fourth-order valence-corrected chi connectivity index (χ4v) is 3.31. The van der Waals surface area contributed by atoms with Gasteiger partial charge in [-0.05, 0) is 50.5 Å². The van der Waals surface area contributed by atoms with Gasteiger partial charge in [0.25, 0.3) is 0 Å². The summed E-state index contributed by atoms with van der Waals surface area (Å²) in [6.07, 6.45) is 0.736. The molecule has 0 aliphatic rings. The van der Waals surface area contributed by atoms with Crippen LogP contribution in [0.1, 0.15) is 34.1 Å². The molecule has 9 heteroatoms. The molecule has 0 aliphatic heterocycles. The zero-order valence-corrected chi connectivity index (χ0v) is 17.3. The molecule has 26 heavy (non-hydrogen) atoms. The van der Waals surface area contributed by atoms with Gasteiger partial charge in [-0.1, -0.05) is 13.8 Å². The van der Waals surface area contributed by atoms with E-state index in [1.54, 1.807) is 24.3 Å². The van der Waals surface area contributed by atoms with Gasteiger partial charge in [0.1, 0.15) is 11.5 Å². The van der Waals surface area contributed by atoms with Gasteiger partial charge in [-0.25, -0.2) is 8.42 Å². The molecule has 0 fully saturated rings. The smallest absolute Gasteiger partial charge is 0.241 e. The van der Waals surface area contributed by atoms with Crippen LogP contribution in [0, 0.1) is 5.92 Å². The predicted octanol–water partition coefficient (Wildman–Crippen LogP) is 2.13. The van der Waals surface area contributed by atoms with Crippen LogP contribution in [-0.4, -0.2) is 38.8 Å². The highest BCUT2D eigenvalue weighted by Gasteiger charge is 2.19. The molecule has 150 valence electrons. The van der Waals surface area contributed by atoms with Gasteiger partial charge in [-0.3, -0.25) is 9.52 Å². The average molecular weight is 408 g/mol. The third-order valence-electron chi connectivity index (χ3n) is 3.23. The molecule has 7 nitrogen and oxygen atoms in total. The fraction of sp³-hybridized carbons (Fsp3) is 0.588. The molecular weight excluding hydrogens is 378 g/mol. The van der Waals surface area contributed by atoms with Gasteiger partial charge >= 0.3 is 0 Å². The van der Waals surface area contributed by atoms with Crippen molar-refractivity contribution in [2.75, 3.05) is 17.0 Å². The molecule has 1 rings (SSSR count). The Morgan fingerprint density at radius 2 is 1.73 bits per heavy atom. The first-order valence-electron chi connectivity index (χ1n) is 8.38. The summed E-state index contributed by atoms with van der Waals surface area (Å²) in [6, 6.07) is 6.30. The summed E-state index contributed by atoms with van der Waals surface area (Å²) in [4.78, 5) is 12.0. The van der Waals surface area contributed by atoms with Crippen LogP contribution in [0.5, 0.6) is 5.75 Å². The van der Waals surface area contributed by atoms with Crippen molar-refractivity contribution in [3.63, 3.8) is 0 Å². The van der Waals surface area contributed by atoms with Crippen LogP contribution in [-0.2, 0) is 14.8 Å². The molecule has 0 aromatic heterocycles. The van der Waals surface area contributed by atoms with Gasteiger partial charge in [0.05, 0.1) is 6.10 Å². The number of carbonyl (C=O) groups excluding carboxylic acids is 1. The molecule has 0 bridgehead atoms. The van der Waals surface area contributed by atoms with E-state index in [1.165, 1.54) is 0 Å². The maximum atomic E-state index is 12.1. The Bertz CT molecular complexity index is 648. The third-order valence-corrected chi connectivity index (χ3v) is 4.42. The van der Waals surface area contributed by atoms with Crippen LogP contribution in [0.4, 0.5) is 5.69 Å². The summed E-state index contributed by atoms with van der Waals surface area (Å²) in [7, 11) is -3.80. The van der Waals surface area contributed by atoms with E-state index in [4.69, 9.17) is 10.5 Å². The average Bonchev–Trinajstić information content (AvgIpc) is 2.46. The molecule has 1 amide bonds. The lowest BCUT2D eigenvalue weighted by Gasteiger charge is -2.19. The SMILES string of the molecule is CC(C)CC(CN)NC(=O)CS(=O)(=O)Nc1ccc(OC(C)C)cc1.Cl. The van der Waals surface area contributed by atoms with Gasteiger partial charge in [0.2, 0.25) is 15.9 Å². The molecule has 0 saturated heterocycles.